The zero-order chi connectivity index (χ0) is 13.4. The average Bonchev–Trinajstić information content (AvgIpc) is 2.82. The minimum absolute atomic E-state index is 0.0285. The Kier molecular flexibility index (Phi) is 5.38. The van der Waals surface area contributed by atoms with E-state index in [-0.39, 0.29) is 49.5 Å². The monoisotopic (exact) mass is 259 g/mol. The highest BCUT2D eigenvalue weighted by Crippen LogP contribution is 2.11. The highest BCUT2D eigenvalue weighted by Gasteiger charge is 2.15. The number of rotatable bonds is 7. The summed E-state index contributed by atoms with van der Waals surface area (Å²) in [5.74, 6) is -0.631. The first kappa shape index (κ1) is 13.7. The van der Waals surface area contributed by atoms with Gasteiger partial charge in [-0.15, -0.1) is 0 Å². The van der Waals surface area contributed by atoms with Crippen LogP contribution in [0.15, 0.2) is 9.78 Å². The maximum Gasteiger partial charge on any atom is 0.287 e. The minimum atomic E-state index is -0.296. The van der Waals surface area contributed by atoms with Crippen LogP contribution in [0.25, 0.3) is 0 Å². The van der Waals surface area contributed by atoms with E-state index in [1.54, 1.807) is 0 Å². The molecule has 0 radical (unpaired) electrons. The fourth-order valence-electron chi connectivity index (χ4n) is 1.01. The number of carbonyl (C=O) groups excluding carboxylic acids is 1. The van der Waals surface area contributed by atoms with Crippen molar-refractivity contribution < 1.29 is 24.5 Å². The summed E-state index contributed by atoms with van der Waals surface area (Å²) >= 11 is 0. The van der Waals surface area contributed by atoms with Crippen LogP contribution in [-0.4, -0.2) is 52.1 Å². The predicted molar refractivity (Wildman–Crippen MR) is 57.0 cm³/mol. The second kappa shape index (κ2) is 7.06. The zero-order valence-electron chi connectivity index (χ0n) is 9.37. The Morgan fingerprint density at radius 2 is 2.33 bits per heavy atom. The number of nitrogens with two attached hydrogens (primary N) is 1. The normalized spacial score (nSPS) is 11.3. The van der Waals surface area contributed by atoms with Gasteiger partial charge in [-0.25, -0.2) is 4.63 Å². The van der Waals surface area contributed by atoms with E-state index in [0.717, 1.165) is 0 Å². The minimum Gasteiger partial charge on any atom is -0.472 e. The first-order chi connectivity index (χ1) is 8.69. The van der Waals surface area contributed by atoms with Gasteiger partial charge in [0.2, 0.25) is 11.6 Å². The van der Waals surface area contributed by atoms with E-state index in [1.165, 1.54) is 0 Å². The molecule has 0 aliphatic rings. The summed E-state index contributed by atoms with van der Waals surface area (Å²) in [6.07, 6.45) is 0.0287. The topological polar surface area (TPSA) is 156 Å². The molecule has 10 nitrogen and oxygen atoms in total. The van der Waals surface area contributed by atoms with Crippen LogP contribution in [0, 0.1) is 0 Å². The molecule has 1 aromatic heterocycles. The molecule has 100 valence electrons. The van der Waals surface area contributed by atoms with Gasteiger partial charge in [-0.1, -0.05) is 5.16 Å². The number of amidine groups is 1. The number of hydrogen-bond donors (Lipinski definition) is 4. The number of aliphatic hydroxyl groups is 1. The Balaban J connectivity index is 2.36. The van der Waals surface area contributed by atoms with Crippen molar-refractivity contribution in [1.82, 2.24) is 15.6 Å². The van der Waals surface area contributed by atoms with Gasteiger partial charge in [-0.05, 0) is 10.3 Å². The van der Waals surface area contributed by atoms with Crippen LogP contribution in [-0.2, 0) is 4.79 Å². The summed E-state index contributed by atoms with van der Waals surface area (Å²) in [4.78, 5) is 11.0. The molecular weight excluding hydrogens is 246 g/mol. The van der Waals surface area contributed by atoms with Gasteiger partial charge in [-0.3, -0.25) is 4.79 Å². The number of nitrogens with one attached hydrogen (secondary N) is 1. The number of aromatic nitrogens is 2. The van der Waals surface area contributed by atoms with Gasteiger partial charge in [0.25, 0.3) is 5.88 Å². The van der Waals surface area contributed by atoms with E-state index < -0.39 is 0 Å². The van der Waals surface area contributed by atoms with Gasteiger partial charge >= 0.3 is 0 Å². The number of ether oxygens (including phenoxy) is 1. The summed E-state index contributed by atoms with van der Waals surface area (Å²) in [5, 5.41) is 29.0. The van der Waals surface area contributed by atoms with Crippen LogP contribution >= 0.6 is 0 Å². The van der Waals surface area contributed by atoms with E-state index >= 15 is 0 Å². The van der Waals surface area contributed by atoms with Gasteiger partial charge in [-0.2, -0.15) is 0 Å². The summed E-state index contributed by atoms with van der Waals surface area (Å²) in [7, 11) is 0. The average molecular weight is 259 g/mol. The van der Waals surface area contributed by atoms with Crippen LogP contribution in [0.4, 0.5) is 0 Å². The van der Waals surface area contributed by atoms with Crippen molar-refractivity contribution in [2.24, 2.45) is 10.9 Å². The summed E-state index contributed by atoms with van der Waals surface area (Å²) in [5.41, 5.74) is 5.26. The maximum atomic E-state index is 11.0. The van der Waals surface area contributed by atoms with E-state index in [1.807, 2.05) is 0 Å². The molecule has 10 heteroatoms. The standard InChI is InChI=1S/C8H13N5O5/c9-7(11-16)6-8(13-18-12-6)17-4-2-10-5(15)1-3-14/h14,16H,1-4H2,(H2,9,11)(H,10,15). The van der Waals surface area contributed by atoms with Crippen LogP contribution in [0.1, 0.15) is 12.1 Å². The van der Waals surface area contributed by atoms with E-state index in [4.69, 9.17) is 20.8 Å². The van der Waals surface area contributed by atoms with Crippen LogP contribution in [0.5, 0.6) is 5.88 Å². The maximum absolute atomic E-state index is 11.0. The highest BCUT2D eigenvalue weighted by atomic mass is 16.6. The molecule has 0 saturated heterocycles. The van der Waals surface area contributed by atoms with Gasteiger partial charge < -0.3 is 26.1 Å². The van der Waals surface area contributed by atoms with Crippen LogP contribution < -0.4 is 15.8 Å². The van der Waals surface area contributed by atoms with Crippen molar-refractivity contribution in [3.63, 3.8) is 0 Å². The molecule has 5 N–H and O–H groups in total. The lowest BCUT2D eigenvalue weighted by atomic mass is 10.4. The molecule has 1 rings (SSSR count). The molecule has 0 aromatic carbocycles. The lowest BCUT2D eigenvalue weighted by Crippen LogP contribution is -2.28. The first-order valence-corrected chi connectivity index (χ1v) is 4.99. The summed E-state index contributed by atoms with van der Waals surface area (Å²) < 4.78 is 9.48. The van der Waals surface area contributed by atoms with Crippen molar-refractivity contribution >= 4 is 11.7 Å². The fraction of sp³-hybridized carbons (Fsp3) is 0.500. The van der Waals surface area contributed by atoms with E-state index in [0.29, 0.717) is 0 Å². The first-order valence-electron chi connectivity index (χ1n) is 4.99. The van der Waals surface area contributed by atoms with Gasteiger partial charge in [0, 0.05) is 6.42 Å². The van der Waals surface area contributed by atoms with Crippen molar-refractivity contribution in [2.45, 2.75) is 6.42 Å². The third-order valence-corrected chi connectivity index (χ3v) is 1.81. The molecule has 1 heterocycles. The Labute approximate surface area is 101 Å². The molecule has 0 saturated carbocycles. The predicted octanol–water partition coefficient (Wildman–Crippen LogP) is -1.96. The van der Waals surface area contributed by atoms with Crippen LogP contribution in [0.3, 0.4) is 0 Å². The van der Waals surface area contributed by atoms with Crippen molar-refractivity contribution in [3.8, 4) is 5.88 Å². The molecule has 0 atom stereocenters. The van der Waals surface area contributed by atoms with Gasteiger partial charge in [0.05, 0.1) is 13.2 Å². The molecule has 0 aliphatic heterocycles. The second-order valence-corrected chi connectivity index (χ2v) is 3.08. The van der Waals surface area contributed by atoms with Gasteiger partial charge in [0.1, 0.15) is 6.61 Å². The fourth-order valence-corrected chi connectivity index (χ4v) is 1.01. The third kappa shape index (κ3) is 3.90. The number of amides is 1. The number of aliphatic hydroxyl groups excluding tert-OH is 1. The molecular formula is C8H13N5O5. The number of nitrogens with zero attached hydrogens (tertiary/aromatic N) is 3. The van der Waals surface area contributed by atoms with E-state index in [2.05, 4.69) is 25.4 Å². The SMILES string of the molecule is N/C(=N\O)c1nonc1OCCNC(=O)CCO. The summed E-state index contributed by atoms with van der Waals surface area (Å²) in [6, 6.07) is 0. The zero-order valence-corrected chi connectivity index (χ0v) is 9.37. The molecule has 0 fully saturated rings. The Morgan fingerprint density at radius 1 is 1.56 bits per heavy atom. The lowest BCUT2D eigenvalue weighted by molar-refractivity contribution is -0.121. The molecule has 0 unspecified atom stereocenters. The van der Waals surface area contributed by atoms with Crippen molar-refractivity contribution in [3.05, 3.63) is 5.69 Å². The quantitative estimate of drug-likeness (QED) is 0.144. The number of hydrogen-bond acceptors (Lipinski definition) is 8. The largest absolute Gasteiger partial charge is 0.472 e. The Morgan fingerprint density at radius 3 is 3.00 bits per heavy atom. The van der Waals surface area contributed by atoms with Gasteiger partial charge in [0.15, 0.2) is 5.84 Å². The number of carbonyl (C=O) groups is 1. The van der Waals surface area contributed by atoms with E-state index in [9.17, 15) is 4.79 Å². The second-order valence-electron chi connectivity index (χ2n) is 3.08. The van der Waals surface area contributed by atoms with Crippen molar-refractivity contribution in [2.75, 3.05) is 19.8 Å². The Bertz CT molecular complexity index is 418. The molecule has 0 bridgehead atoms. The molecule has 1 amide bonds. The third-order valence-electron chi connectivity index (χ3n) is 1.81. The highest BCUT2D eigenvalue weighted by molar-refractivity contribution is 5.96. The molecule has 18 heavy (non-hydrogen) atoms. The molecule has 0 aliphatic carbocycles. The smallest absolute Gasteiger partial charge is 0.287 e. The summed E-state index contributed by atoms with van der Waals surface area (Å²) in [6.45, 7) is 0.0892. The lowest BCUT2D eigenvalue weighted by Gasteiger charge is -2.04. The molecule has 0 spiro atoms. The van der Waals surface area contributed by atoms with Crippen LogP contribution in [0.2, 0.25) is 0 Å². The Hall–Kier alpha value is -2.36. The molecule has 1 aromatic rings. The van der Waals surface area contributed by atoms with Crippen molar-refractivity contribution in [1.29, 1.82) is 0 Å². The number of oxime groups is 1.